The summed E-state index contributed by atoms with van der Waals surface area (Å²) in [5.74, 6) is 3.51. The van der Waals surface area contributed by atoms with Gasteiger partial charge in [-0.05, 0) is 30.9 Å². The van der Waals surface area contributed by atoms with Crippen molar-refractivity contribution < 1.29 is 4.79 Å². The molecule has 1 aliphatic rings. The summed E-state index contributed by atoms with van der Waals surface area (Å²) in [7, 11) is 0. The fourth-order valence-electron chi connectivity index (χ4n) is 2.14. The van der Waals surface area contributed by atoms with Crippen LogP contribution in [0.1, 0.15) is 31.2 Å². The maximum atomic E-state index is 11.8. The highest BCUT2D eigenvalue weighted by Gasteiger charge is 2.25. The zero-order valence-electron chi connectivity index (χ0n) is 9.78. The van der Waals surface area contributed by atoms with E-state index in [0.717, 1.165) is 43.5 Å². The van der Waals surface area contributed by atoms with Crippen molar-refractivity contribution >= 4 is 11.7 Å². The van der Waals surface area contributed by atoms with Crippen molar-refractivity contribution in [1.82, 2.24) is 4.98 Å². The number of nitrogens with one attached hydrogen (secondary N) is 1. The van der Waals surface area contributed by atoms with Gasteiger partial charge in [0, 0.05) is 18.5 Å². The van der Waals surface area contributed by atoms with Gasteiger partial charge >= 0.3 is 0 Å². The van der Waals surface area contributed by atoms with Crippen molar-refractivity contribution in [2.45, 2.75) is 32.1 Å². The van der Waals surface area contributed by atoms with Crippen LogP contribution in [0.4, 0.5) is 5.82 Å². The largest absolute Gasteiger partial charge is 0.310 e. The SMILES string of the molecule is C#CCCCCC1Cc2cccnc2NC1=O. The van der Waals surface area contributed by atoms with E-state index in [1.807, 2.05) is 12.1 Å². The Morgan fingerprint density at radius 3 is 3.24 bits per heavy atom. The summed E-state index contributed by atoms with van der Waals surface area (Å²) >= 11 is 0. The molecule has 1 atom stereocenters. The predicted octanol–water partition coefficient (Wildman–Crippen LogP) is 2.39. The third-order valence-electron chi connectivity index (χ3n) is 3.09. The number of fused-ring (bicyclic) bond motifs is 1. The van der Waals surface area contributed by atoms with Crippen LogP contribution in [-0.4, -0.2) is 10.9 Å². The van der Waals surface area contributed by atoms with Gasteiger partial charge in [-0.25, -0.2) is 4.98 Å². The third-order valence-corrected chi connectivity index (χ3v) is 3.09. The van der Waals surface area contributed by atoms with Crippen molar-refractivity contribution in [3.05, 3.63) is 23.9 Å². The van der Waals surface area contributed by atoms with E-state index in [9.17, 15) is 4.79 Å². The summed E-state index contributed by atoms with van der Waals surface area (Å²) in [4.78, 5) is 16.0. The average Bonchev–Trinajstić information content (AvgIpc) is 2.35. The summed E-state index contributed by atoms with van der Waals surface area (Å²) in [5, 5.41) is 2.86. The molecule has 0 fully saturated rings. The van der Waals surface area contributed by atoms with Gasteiger partial charge in [-0.2, -0.15) is 0 Å². The van der Waals surface area contributed by atoms with E-state index >= 15 is 0 Å². The monoisotopic (exact) mass is 228 g/mol. The molecule has 2 heterocycles. The van der Waals surface area contributed by atoms with Gasteiger partial charge < -0.3 is 5.32 Å². The van der Waals surface area contributed by atoms with Gasteiger partial charge in [-0.1, -0.05) is 12.5 Å². The van der Waals surface area contributed by atoms with Crippen LogP contribution in [0.3, 0.4) is 0 Å². The number of anilines is 1. The number of terminal acetylenes is 1. The lowest BCUT2D eigenvalue weighted by Crippen LogP contribution is -2.30. The second kappa shape index (κ2) is 5.49. The normalized spacial score (nSPS) is 18.1. The van der Waals surface area contributed by atoms with E-state index in [0.29, 0.717) is 0 Å². The molecule has 0 saturated carbocycles. The Labute approximate surface area is 102 Å². The second-order valence-corrected chi connectivity index (χ2v) is 4.35. The minimum absolute atomic E-state index is 0.0736. The Kier molecular flexibility index (Phi) is 3.77. The number of nitrogens with zero attached hydrogens (tertiary/aromatic N) is 1. The molecular weight excluding hydrogens is 212 g/mol. The summed E-state index contributed by atoms with van der Waals surface area (Å²) in [6.07, 6.45) is 11.4. The molecule has 0 aromatic carbocycles. The van der Waals surface area contributed by atoms with E-state index in [-0.39, 0.29) is 11.8 Å². The smallest absolute Gasteiger partial charge is 0.228 e. The number of aromatic nitrogens is 1. The average molecular weight is 228 g/mol. The molecule has 2 rings (SSSR count). The van der Waals surface area contributed by atoms with Gasteiger partial charge in [0.25, 0.3) is 0 Å². The molecular formula is C14H16N2O. The Bertz CT molecular complexity index is 448. The molecule has 3 nitrogen and oxygen atoms in total. The summed E-state index contributed by atoms with van der Waals surface area (Å²) in [6, 6.07) is 3.93. The highest BCUT2D eigenvalue weighted by molar-refractivity contribution is 5.94. The molecule has 0 bridgehead atoms. The molecule has 0 saturated heterocycles. The van der Waals surface area contributed by atoms with Crippen LogP contribution in [0, 0.1) is 18.3 Å². The Hall–Kier alpha value is -1.82. The zero-order valence-corrected chi connectivity index (χ0v) is 9.78. The molecule has 1 N–H and O–H groups in total. The minimum atomic E-state index is 0.0736. The summed E-state index contributed by atoms with van der Waals surface area (Å²) in [5.41, 5.74) is 1.13. The zero-order chi connectivity index (χ0) is 12.1. The second-order valence-electron chi connectivity index (χ2n) is 4.35. The number of rotatable bonds is 4. The lowest BCUT2D eigenvalue weighted by Gasteiger charge is -2.23. The lowest BCUT2D eigenvalue weighted by atomic mass is 9.90. The highest BCUT2D eigenvalue weighted by atomic mass is 16.2. The molecule has 17 heavy (non-hydrogen) atoms. The molecule has 1 aromatic rings. The maximum absolute atomic E-state index is 11.8. The van der Waals surface area contributed by atoms with Crippen molar-refractivity contribution in [1.29, 1.82) is 0 Å². The molecule has 3 heteroatoms. The minimum Gasteiger partial charge on any atom is -0.310 e. The van der Waals surface area contributed by atoms with Crippen molar-refractivity contribution in [2.24, 2.45) is 5.92 Å². The molecule has 0 radical (unpaired) electrons. The van der Waals surface area contributed by atoms with Crippen molar-refractivity contribution in [3.63, 3.8) is 0 Å². The van der Waals surface area contributed by atoms with Gasteiger partial charge in [0.15, 0.2) is 0 Å². The summed E-state index contributed by atoms with van der Waals surface area (Å²) < 4.78 is 0. The first kappa shape index (κ1) is 11.7. The highest BCUT2D eigenvalue weighted by Crippen LogP contribution is 2.26. The van der Waals surface area contributed by atoms with E-state index in [1.54, 1.807) is 6.20 Å². The quantitative estimate of drug-likeness (QED) is 0.635. The van der Waals surface area contributed by atoms with Gasteiger partial charge in [-0.3, -0.25) is 4.79 Å². The van der Waals surface area contributed by atoms with E-state index in [2.05, 4.69) is 16.2 Å². The van der Waals surface area contributed by atoms with Crippen LogP contribution in [0.5, 0.6) is 0 Å². The molecule has 1 unspecified atom stereocenters. The number of unbranched alkanes of at least 4 members (excludes halogenated alkanes) is 2. The fourth-order valence-corrected chi connectivity index (χ4v) is 2.14. The number of carbonyl (C=O) groups is 1. The first-order valence-electron chi connectivity index (χ1n) is 5.99. The first-order valence-corrected chi connectivity index (χ1v) is 5.99. The Morgan fingerprint density at radius 1 is 1.53 bits per heavy atom. The van der Waals surface area contributed by atoms with E-state index < -0.39 is 0 Å². The van der Waals surface area contributed by atoms with Gasteiger partial charge in [0.1, 0.15) is 5.82 Å². The fraction of sp³-hybridized carbons (Fsp3) is 0.429. The number of pyridine rings is 1. The lowest BCUT2D eigenvalue weighted by molar-refractivity contribution is -0.120. The molecule has 1 amide bonds. The number of hydrogen-bond donors (Lipinski definition) is 1. The molecule has 0 aliphatic carbocycles. The predicted molar refractivity (Wildman–Crippen MR) is 67.4 cm³/mol. The van der Waals surface area contributed by atoms with E-state index in [4.69, 9.17) is 6.42 Å². The summed E-state index contributed by atoms with van der Waals surface area (Å²) in [6.45, 7) is 0. The third kappa shape index (κ3) is 2.85. The van der Waals surface area contributed by atoms with Crippen LogP contribution in [0.2, 0.25) is 0 Å². The van der Waals surface area contributed by atoms with Gasteiger partial charge in [-0.15, -0.1) is 12.3 Å². The topological polar surface area (TPSA) is 42.0 Å². The van der Waals surface area contributed by atoms with E-state index in [1.165, 1.54) is 0 Å². The van der Waals surface area contributed by atoms with Crippen LogP contribution in [0.25, 0.3) is 0 Å². The van der Waals surface area contributed by atoms with Crippen molar-refractivity contribution in [2.75, 3.05) is 5.32 Å². The Balaban J connectivity index is 1.94. The Morgan fingerprint density at radius 2 is 2.41 bits per heavy atom. The van der Waals surface area contributed by atoms with Crippen LogP contribution in [-0.2, 0) is 11.2 Å². The first-order chi connectivity index (χ1) is 8.31. The number of hydrogen-bond acceptors (Lipinski definition) is 2. The number of carbonyl (C=O) groups excluding carboxylic acids is 1. The molecule has 0 spiro atoms. The molecule has 1 aliphatic heterocycles. The van der Waals surface area contributed by atoms with Gasteiger partial charge in [0.2, 0.25) is 5.91 Å². The standard InChI is InChI=1S/C14H16N2O/c1-2-3-4-5-7-12-10-11-8-6-9-15-13(11)16-14(12)17/h1,6,8-9,12H,3-5,7,10H2,(H,15,16,17). The molecule has 88 valence electrons. The van der Waals surface area contributed by atoms with Crippen LogP contribution >= 0.6 is 0 Å². The number of amides is 1. The maximum Gasteiger partial charge on any atom is 0.228 e. The van der Waals surface area contributed by atoms with Crippen LogP contribution in [0.15, 0.2) is 18.3 Å². The van der Waals surface area contributed by atoms with Gasteiger partial charge in [0.05, 0.1) is 0 Å². The molecule has 1 aromatic heterocycles. The van der Waals surface area contributed by atoms with Crippen molar-refractivity contribution in [3.8, 4) is 12.3 Å². The van der Waals surface area contributed by atoms with Crippen LogP contribution < -0.4 is 5.32 Å².